The lowest BCUT2D eigenvalue weighted by Crippen LogP contribution is -2.23. The number of fused-ring (bicyclic) bond motifs is 1. The molecule has 0 amide bonds. The highest BCUT2D eigenvalue weighted by Crippen LogP contribution is 2.32. The van der Waals surface area contributed by atoms with Crippen molar-refractivity contribution < 1.29 is 8.78 Å². The fourth-order valence-electron chi connectivity index (χ4n) is 3.86. The van der Waals surface area contributed by atoms with Crippen LogP contribution in [0.15, 0.2) is 85.1 Å². The molecule has 0 atom stereocenters. The first-order valence-corrected chi connectivity index (χ1v) is 10.3. The van der Waals surface area contributed by atoms with Gasteiger partial charge in [-0.1, -0.05) is 30.3 Å². The Labute approximate surface area is 184 Å². The predicted molar refractivity (Wildman–Crippen MR) is 121 cm³/mol. The Hall–Kier alpha value is -3.93. The Kier molecular flexibility index (Phi) is 4.78. The number of halogens is 2. The molecule has 4 heterocycles. The molecule has 0 unspecified atom stereocenters. The van der Waals surface area contributed by atoms with Gasteiger partial charge in [0.15, 0.2) is 0 Å². The molecule has 5 rings (SSSR count). The van der Waals surface area contributed by atoms with E-state index in [1.54, 1.807) is 6.07 Å². The minimum absolute atomic E-state index is 0.157. The Bertz CT molecular complexity index is 1440. The van der Waals surface area contributed by atoms with Gasteiger partial charge in [0.2, 0.25) is 11.9 Å². The van der Waals surface area contributed by atoms with Crippen LogP contribution >= 0.6 is 0 Å². The summed E-state index contributed by atoms with van der Waals surface area (Å²) in [4.78, 5) is 12.9. The molecule has 0 radical (unpaired) electrons. The monoisotopic (exact) mass is 426 g/mol. The third-order valence-electron chi connectivity index (χ3n) is 5.70. The summed E-state index contributed by atoms with van der Waals surface area (Å²) in [6, 6.07) is 24.0. The van der Waals surface area contributed by atoms with Gasteiger partial charge in [0.05, 0.1) is 28.2 Å². The Morgan fingerprint density at radius 1 is 0.719 bits per heavy atom. The van der Waals surface area contributed by atoms with Crippen molar-refractivity contribution in [3.05, 3.63) is 108 Å². The topological polar surface area (TPSA) is 43.6 Å². The van der Waals surface area contributed by atoms with E-state index >= 15 is 0 Å². The summed E-state index contributed by atoms with van der Waals surface area (Å²) in [5.41, 5.74) is 2.63. The molecule has 1 aromatic carbocycles. The van der Waals surface area contributed by atoms with Gasteiger partial charge in [-0.05, 0) is 67.8 Å². The predicted octanol–water partition coefficient (Wildman–Crippen LogP) is 6.09. The third-order valence-corrected chi connectivity index (χ3v) is 5.70. The van der Waals surface area contributed by atoms with Gasteiger partial charge in [-0.2, -0.15) is 13.8 Å². The largest absolute Gasteiger partial charge is 0.301 e. The van der Waals surface area contributed by atoms with Gasteiger partial charge in [0.1, 0.15) is 5.82 Å². The SMILES string of the molecule is CC(C)(c1cccc(-c2ccc(F)nc2F)n1)c1cccc(-n2ccc3ccccc32)n1. The number of pyridine rings is 3. The van der Waals surface area contributed by atoms with E-state index in [0.29, 0.717) is 5.69 Å². The van der Waals surface area contributed by atoms with Gasteiger partial charge in [-0.25, -0.2) is 4.98 Å². The highest BCUT2D eigenvalue weighted by Gasteiger charge is 2.27. The molecule has 0 saturated heterocycles. The summed E-state index contributed by atoms with van der Waals surface area (Å²) in [5.74, 6) is -0.935. The van der Waals surface area contributed by atoms with E-state index < -0.39 is 17.3 Å². The van der Waals surface area contributed by atoms with Crippen LogP contribution in [0.4, 0.5) is 8.78 Å². The zero-order valence-electron chi connectivity index (χ0n) is 17.6. The number of benzene rings is 1. The van der Waals surface area contributed by atoms with Crippen LogP contribution in [0.3, 0.4) is 0 Å². The molecule has 0 aliphatic heterocycles. The van der Waals surface area contributed by atoms with E-state index in [-0.39, 0.29) is 5.56 Å². The second kappa shape index (κ2) is 7.64. The normalized spacial score (nSPS) is 11.8. The van der Waals surface area contributed by atoms with Gasteiger partial charge >= 0.3 is 0 Å². The fraction of sp³-hybridized carbons (Fsp3) is 0.115. The van der Waals surface area contributed by atoms with Crippen molar-refractivity contribution in [1.82, 2.24) is 19.5 Å². The third kappa shape index (κ3) is 3.43. The number of hydrogen-bond acceptors (Lipinski definition) is 3. The van der Waals surface area contributed by atoms with Gasteiger partial charge in [0, 0.05) is 11.6 Å². The summed E-state index contributed by atoms with van der Waals surface area (Å²) in [6.07, 6.45) is 2.01. The van der Waals surface area contributed by atoms with E-state index in [1.165, 1.54) is 6.07 Å². The van der Waals surface area contributed by atoms with Crippen molar-refractivity contribution in [3.8, 4) is 17.1 Å². The molecular formula is C26H20F2N4. The van der Waals surface area contributed by atoms with E-state index in [9.17, 15) is 8.78 Å². The van der Waals surface area contributed by atoms with Crippen LogP contribution in [0.25, 0.3) is 28.0 Å². The Morgan fingerprint density at radius 3 is 2.28 bits per heavy atom. The van der Waals surface area contributed by atoms with E-state index in [2.05, 4.69) is 32.7 Å². The van der Waals surface area contributed by atoms with Crippen LogP contribution in [0, 0.1) is 11.9 Å². The molecule has 158 valence electrons. The van der Waals surface area contributed by atoms with Gasteiger partial charge in [0.25, 0.3) is 0 Å². The van der Waals surface area contributed by atoms with Gasteiger partial charge < -0.3 is 4.57 Å². The highest BCUT2D eigenvalue weighted by molar-refractivity contribution is 5.81. The molecule has 32 heavy (non-hydrogen) atoms. The van der Waals surface area contributed by atoms with Crippen LogP contribution in [0.1, 0.15) is 25.2 Å². The molecule has 0 fully saturated rings. The second-order valence-electron chi connectivity index (χ2n) is 8.13. The summed E-state index contributed by atoms with van der Waals surface area (Å²) in [5, 5.41) is 1.14. The molecule has 4 aromatic heterocycles. The summed E-state index contributed by atoms with van der Waals surface area (Å²) in [6.45, 7) is 4.05. The molecule has 0 spiro atoms. The standard InChI is InChI=1S/C26H20F2N4/c1-26(2,21-10-5-8-19(29-21)18-13-14-23(27)31-25(18)28)22-11-6-12-24(30-22)32-16-15-17-7-3-4-9-20(17)32/h3-16H,1-2H3. The molecule has 0 aliphatic carbocycles. The van der Waals surface area contributed by atoms with Crippen LogP contribution < -0.4 is 0 Å². The summed E-state index contributed by atoms with van der Waals surface area (Å²) in [7, 11) is 0. The molecule has 0 bridgehead atoms. The minimum atomic E-state index is -0.882. The number of nitrogens with zero attached hydrogens (tertiary/aromatic N) is 4. The van der Waals surface area contributed by atoms with Crippen molar-refractivity contribution >= 4 is 10.9 Å². The van der Waals surface area contributed by atoms with Crippen molar-refractivity contribution in [2.45, 2.75) is 19.3 Å². The van der Waals surface area contributed by atoms with Gasteiger partial charge in [-0.3, -0.25) is 4.98 Å². The molecule has 5 aromatic rings. The lowest BCUT2D eigenvalue weighted by Gasteiger charge is -2.25. The zero-order chi connectivity index (χ0) is 22.3. The average molecular weight is 426 g/mol. The summed E-state index contributed by atoms with van der Waals surface area (Å²) >= 11 is 0. The molecule has 6 heteroatoms. The van der Waals surface area contributed by atoms with E-state index in [1.807, 2.05) is 62.5 Å². The number of hydrogen-bond donors (Lipinski definition) is 0. The number of para-hydroxylation sites is 1. The smallest absolute Gasteiger partial charge is 0.224 e. The van der Waals surface area contributed by atoms with Crippen LogP contribution in [-0.4, -0.2) is 19.5 Å². The maximum Gasteiger partial charge on any atom is 0.224 e. The molecule has 4 nitrogen and oxygen atoms in total. The number of aromatic nitrogens is 4. The molecule has 0 aliphatic rings. The number of rotatable bonds is 4. The molecule has 0 saturated carbocycles. The first-order chi connectivity index (χ1) is 15.4. The van der Waals surface area contributed by atoms with Crippen molar-refractivity contribution in [3.63, 3.8) is 0 Å². The van der Waals surface area contributed by atoms with Crippen molar-refractivity contribution in [2.24, 2.45) is 0 Å². The second-order valence-corrected chi connectivity index (χ2v) is 8.13. The minimum Gasteiger partial charge on any atom is -0.301 e. The van der Waals surface area contributed by atoms with Crippen molar-refractivity contribution in [1.29, 1.82) is 0 Å². The first-order valence-electron chi connectivity index (χ1n) is 10.3. The quantitative estimate of drug-likeness (QED) is 0.327. The Morgan fingerprint density at radius 2 is 1.47 bits per heavy atom. The molecule has 0 N–H and O–H groups in total. The van der Waals surface area contributed by atoms with Crippen LogP contribution in [0.2, 0.25) is 0 Å². The first kappa shape index (κ1) is 20.0. The Balaban J connectivity index is 1.56. The van der Waals surface area contributed by atoms with E-state index in [4.69, 9.17) is 4.98 Å². The van der Waals surface area contributed by atoms with Crippen molar-refractivity contribution in [2.75, 3.05) is 0 Å². The van der Waals surface area contributed by atoms with E-state index in [0.717, 1.165) is 34.2 Å². The van der Waals surface area contributed by atoms with Gasteiger partial charge in [-0.15, -0.1) is 0 Å². The maximum absolute atomic E-state index is 14.2. The highest BCUT2D eigenvalue weighted by atomic mass is 19.1. The molecular weight excluding hydrogens is 406 g/mol. The van der Waals surface area contributed by atoms with Crippen LogP contribution in [0.5, 0.6) is 0 Å². The zero-order valence-corrected chi connectivity index (χ0v) is 17.6. The maximum atomic E-state index is 14.2. The average Bonchev–Trinajstić information content (AvgIpc) is 3.23. The lowest BCUT2D eigenvalue weighted by molar-refractivity contribution is 0.514. The fourth-order valence-corrected chi connectivity index (χ4v) is 3.86. The lowest BCUT2D eigenvalue weighted by atomic mass is 9.84. The van der Waals surface area contributed by atoms with Crippen LogP contribution in [-0.2, 0) is 5.41 Å². The summed E-state index contributed by atoms with van der Waals surface area (Å²) < 4.78 is 29.5.